The van der Waals surface area contributed by atoms with Crippen molar-refractivity contribution in [3.63, 3.8) is 0 Å². The van der Waals surface area contributed by atoms with E-state index in [1.807, 2.05) is 12.1 Å². The number of rotatable bonds is 6. The van der Waals surface area contributed by atoms with Gasteiger partial charge in [0.1, 0.15) is 5.75 Å². The van der Waals surface area contributed by atoms with Gasteiger partial charge in [0.15, 0.2) is 6.61 Å². The Morgan fingerprint density at radius 3 is 2.75 bits per heavy atom. The second-order valence-electron chi connectivity index (χ2n) is 6.63. The number of fused-ring (bicyclic) bond motifs is 1. The molecule has 28 heavy (non-hydrogen) atoms. The molecule has 0 radical (unpaired) electrons. The van der Waals surface area contributed by atoms with Crippen molar-refractivity contribution >= 4 is 29.2 Å². The van der Waals surface area contributed by atoms with E-state index in [9.17, 15) is 14.4 Å². The molecule has 3 rings (SSSR count). The summed E-state index contributed by atoms with van der Waals surface area (Å²) >= 11 is 0. The van der Waals surface area contributed by atoms with Crippen LogP contribution < -0.4 is 15.0 Å². The SMILES string of the molecule is CC(C)OC(=O)c1cccc(NC(=O)CCN2C(=O)COc3ccccc32)c1. The van der Waals surface area contributed by atoms with Gasteiger partial charge < -0.3 is 19.7 Å². The molecule has 0 spiro atoms. The topological polar surface area (TPSA) is 84.9 Å². The van der Waals surface area contributed by atoms with Gasteiger partial charge in [-0.2, -0.15) is 0 Å². The molecular formula is C21H22N2O5. The minimum absolute atomic E-state index is 0.0430. The maximum atomic E-state index is 12.3. The van der Waals surface area contributed by atoms with Gasteiger partial charge in [-0.05, 0) is 44.2 Å². The van der Waals surface area contributed by atoms with Crippen LogP contribution in [0, 0.1) is 0 Å². The third-order valence-electron chi connectivity index (χ3n) is 4.10. The molecule has 0 aliphatic carbocycles. The number of nitrogens with zero attached hydrogens (tertiary/aromatic N) is 1. The van der Waals surface area contributed by atoms with Gasteiger partial charge in [0, 0.05) is 18.7 Å². The normalized spacial score (nSPS) is 13.0. The summed E-state index contributed by atoms with van der Waals surface area (Å²) in [5, 5.41) is 2.75. The van der Waals surface area contributed by atoms with E-state index in [0.29, 0.717) is 22.7 Å². The predicted molar refractivity (Wildman–Crippen MR) is 105 cm³/mol. The maximum Gasteiger partial charge on any atom is 0.338 e. The zero-order chi connectivity index (χ0) is 20.1. The van der Waals surface area contributed by atoms with Crippen LogP contribution >= 0.6 is 0 Å². The number of carbonyl (C=O) groups excluding carboxylic acids is 3. The Balaban J connectivity index is 1.61. The van der Waals surface area contributed by atoms with E-state index >= 15 is 0 Å². The zero-order valence-electron chi connectivity index (χ0n) is 15.8. The van der Waals surface area contributed by atoms with Gasteiger partial charge in [-0.25, -0.2) is 4.79 Å². The van der Waals surface area contributed by atoms with Gasteiger partial charge in [0.25, 0.3) is 5.91 Å². The van der Waals surface area contributed by atoms with Gasteiger partial charge in [-0.1, -0.05) is 18.2 Å². The van der Waals surface area contributed by atoms with Crippen LogP contribution in [0.2, 0.25) is 0 Å². The highest BCUT2D eigenvalue weighted by atomic mass is 16.5. The molecule has 0 fully saturated rings. The summed E-state index contributed by atoms with van der Waals surface area (Å²) in [6.45, 7) is 3.74. The van der Waals surface area contributed by atoms with Gasteiger partial charge in [0.2, 0.25) is 5.91 Å². The molecular weight excluding hydrogens is 360 g/mol. The molecule has 0 saturated heterocycles. The summed E-state index contributed by atoms with van der Waals surface area (Å²) in [6.07, 6.45) is -0.111. The van der Waals surface area contributed by atoms with Crippen molar-refractivity contribution < 1.29 is 23.9 Å². The smallest absolute Gasteiger partial charge is 0.338 e. The lowest BCUT2D eigenvalue weighted by atomic mass is 10.2. The fourth-order valence-corrected chi connectivity index (χ4v) is 2.84. The largest absolute Gasteiger partial charge is 0.482 e. The first kappa shape index (κ1) is 19.4. The molecule has 0 aromatic heterocycles. The predicted octanol–water partition coefficient (Wildman–Crippen LogP) is 3.01. The van der Waals surface area contributed by atoms with Crippen LogP contribution in [0.25, 0.3) is 0 Å². The second-order valence-corrected chi connectivity index (χ2v) is 6.63. The number of benzene rings is 2. The third-order valence-corrected chi connectivity index (χ3v) is 4.10. The summed E-state index contributed by atoms with van der Waals surface area (Å²) in [5.41, 5.74) is 1.52. The average Bonchev–Trinajstić information content (AvgIpc) is 2.67. The average molecular weight is 382 g/mol. The lowest BCUT2D eigenvalue weighted by Crippen LogP contribution is -2.40. The number of para-hydroxylation sites is 2. The number of anilines is 2. The van der Waals surface area contributed by atoms with E-state index < -0.39 is 5.97 Å². The fraction of sp³-hybridized carbons (Fsp3) is 0.286. The molecule has 2 amide bonds. The van der Waals surface area contributed by atoms with Gasteiger partial charge in [0.05, 0.1) is 17.4 Å². The standard InChI is InChI=1S/C21H22N2O5/c1-14(2)28-21(26)15-6-5-7-16(12-15)22-19(24)10-11-23-17-8-3-4-9-18(17)27-13-20(23)25/h3-9,12,14H,10-11,13H2,1-2H3,(H,22,24). The van der Waals surface area contributed by atoms with E-state index in [1.54, 1.807) is 55.1 Å². The number of hydrogen-bond donors (Lipinski definition) is 1. The van der Waals surface area contributed by atoms with E-state index in [0.717, 1.165) is 0 Å². The Hall–Kier alpha value is -3.35. The summed E-state index contributed by atoms with van der Waals surface area (Å²) in [7, 11) is 0. The third kappa shape index (κ3) is 4.68. The number of amides is 2. The van der Waals surface area contributed by atoms with Crippen LogP contribution in [0.5, 0.6) is 5.75 Å². The Morgan fingerprint density at radius 1 is 1.18 bits per heavy atom. The molecule has 0 atom stereocenters. The summed E-state index contributed by atoms with van der Waals surface area (Å²) in [5.74, 6) is -0.267. The Bertz CT molecular complexity index is 894. The number of carbonyl (C=O) groups is 3. The molecule has 2 aromatic carbocycles. The Morgan fingerprint density at radius 2 is 1.96 bits per heavy atom. The van der Waals surface area contributed by atoms with Crippen LogP contribution in [0.3, 0.4) is 0 Å². The monoisotopic (exact) mass is 382 g/mol. The molecule has 7 heteroatoms. The van der Waals surface area contributed by atoms with Crippen molar-refractivity contribution in [2.24, 2.45) is 0 Å². The molecule has 7 nitrogen and oxygen atoms in total. The van der Waals surface area contributed by atoms with Crippen molar-refractivity contribution in [2.45, 2.75) is 26.4 Å². The maximum absolute atomic E-state index is 12.3. The van der Waals surface area contributed by atoms with Crippen molar-refractivity contribution in [1.29, 1.82) is 0 Å². The molecule has 1 aliphatic rings. The molecule has 2 aromatic rings. The first-order chi connectivity index (χ1) is 13.4. The van der Waals surface area contributed by atoms with E-state index in [-0.39, 0.29) is 37.5 Å². The van der Waals surface area contributed by atoms with Crippen molar-refractivity contribution in [3.05, 3.63) is 54.1 Å². The number of nitrogens with one attached hydrogen (secondary N) is 1. The van der Waals surface area contributed by atoms with Crippen LogP contribution in [0.4, 0.5) is 11.4 Å². The first-order valence-corrected chi connectivity index (χ1v) is 9.07. The lowest BCUT2D eigenvalue weighted by Gasteiger charge is -2.29. The minimum atomic E-state index is -0.443. The van der Waals surface area contributed by atoms with E-state index in [1.165, 1.54) is 0 Å². The molecule has 1 N–H and O–H groups in total. The molecule has 1 heterocycles. The highest BCUT2D eigenvalue weighted by Gasteiger charge is 2.25. The summed E-state index contributed by atoms with van der Waals surface area (Å²) < 4.78 is 10.6. The number of esters is 1. The highest BCUT2D eigenvalue weighted by Crippen LogP contribution is 2.31. The molecule has 0 bridgehead atoms. The van der Waals surface area contributed by atoms with Crippen molar-refractivity contribution in [2.75, 3.05) is 23.4 Å². The summed E-state index contributed by atoms with van der Waals surface area (Å²) in [6, 6.07) is 13.8. The summed E-state index contributed by atoms with van der Waals surface area (Å²) in [4.78, 5) is 38.0. The van der Waals surface area contributed by atoms with Gasteiger partial charge in [-0.15, -0.1) is 0 Å². The Labute approximate surface area is 163 Å². The van der Waals surface area contributed by atoms with Crippen molar-refractivity contribution in [1.82, 2.24) is 0 Å². The van der Waals surface area contributed by atoms with E-state index in [2.05, 4.69) is 5.32 Å². The Kier molecular flexibility index (Phi) is 5.93. The first-order valence-electron chi connectivity index (χ1n) is 9.07. The zero-order valence-corrected chi connectivity index (χ0v) is 15.8. The quantitative estimate of drug-likeness (QED) is 0.777. The van der Waals surface area contributed by atoms with Crippen LogP contribution in [0.15, 0.2) is 48.5 Å². The van der Waals surface area contributed by atoms with Crippen LogP contribution in [-0.4, -0.2) is 37.0 Å². The fourth-order valence-electron chi connectivity index (χ4n) is 2.84. The lowest BCUT2D eigenvalue weighted by molar-refractivity contribution is -0.121. The van der Waals surface area contributed by atoms with Crippen molar-refractivity contribution in [3.8, 4) is 5.75 Å². The van der Waals surface area contributed by atoms with E-state index in [4.69, 9.17) is 9.47 Å². The van der Waals surface area contributed by atoms with Crippen LogP contribution in [-0.2, 0) is 14.3 Å². The minimum Gasteiger partial charge on any atom is -0.482 e. The molecule has 0 unspecified atom stereocenters. The second kappa shape index (κ2) is 8.56. The number of ether oxygens (including phenoxy) is 2. The molecule has 146 valence electrons. The molecule has 0 saturated carbocycles. The van der Waals surface area contributed by atoms with Gasteiger partial charge in [-0.3, -0.25) is 9.59 Å². The van der Waals surface area contributed by atoms with Gasteiger partial charge >= 0.3 is 5.97 Å². The number of hydrogen-bond acceptors (Lipinski definition) is 5. The highest BCUT2D eigenvalue weighted by molar-refractivity contribution is 5.99. The molecule has 1 aliphatic heterocycles. The van der Waals surface area contributed by atoms with Crippen LogP contribution in [0.1, 0.15) is 30.6 Å².